The van der Waals surface area contributed by atoms with Crippen molar-refractivity contribution in [2.75, 3.05) is 6.61 Å². The van der Waals surface area contributed by atoms with E-state index in [1.54, 1.807) is 19.1 Å². The predicted octanol–water partition coefficient (Wildman–Crippen LogP) is 3.45. The summed E-state index contributed by atoms with van der Waals surface area (Å²) in [6.07, 6.45) is 0.140. The number of hydrogen-bond acceptors (Lipinski definition) is 3. The number of esters is 1. The average molecular weight is 287 g/mol. The fourth-order valence-corrected chi connectivity index (χ4v) is 2.11. The van der Waals surface area contributed by atoms with E-state index in [2.05, 4.69) is 0 Å². The number of hydrogen-bond donors (Lipinski definition) is 1. The molecule has 0 aliphatic carbocycles. The zero-order valence-corrected chi connectivity index (χ0v) is 11.9. The van der Waals surface area contributed by atoms with Crippen molar-refractivity contribution in [3.63, 3.8) is 0 Å². The Labute approximate surface area is 123 Å². The molecule has 0 aromatic heterocycles. The summed E-state index contributed by atoms with van der Waals surface area (Å²) in [6, 6.07) is 13.4. The van der Waals surface area contributed by atoms with Gasteiger partial charge in [0.1, 0.15) is 5.82 Å². The second-order valence-electron chi connectivity index (χ2n) is 4.75. The van der Waals surface area contributed by atoms with Crippen LogP contribution in [0.3, 0.4) is 0 Å². The molecule has 0 unspecified atom stereocenters. The lowest BCUT2D eigenvalue weighted by Gasteiger charge is -2.13. The minimum absolute atomic E-state index is 0.140. The van der Waals surface area contributed by atoms with Crippen molar-refractivity contribution in [2.24, 2.45) is 5.73 Å². The van der Waals surface area contributed by atoms with Gasteiger partial charge in [0.15, 0.2) is 0 Å². The van der Waals surface area contributed by atoms with E-state index in [0.717, 1.165) is 16.7 Å². The molecule has 4 heteroatoms. The van der Waals surface area contributed by atoms with Crippen LogP contribution in [-0.4, -0.2) is 12.6 Å². The molecule has 0 aliphatic rings. The molecule has 0 amide bonds. The van der Waals surface area contributed by atoms with Gasteiger partial charge in [-0.3, -0.25) is 4.79 Å². The first-order valence-electron chi connectivity index (χ1n) is 6.87. The van der Waals surface area contributed by atoms with Gasteiger partial charge in [-0.1, -0.05) is 30.3 Å². The molecule has 21 heavy (non-hydrogen) atoms. The zero-order valence-electron chi connectivity index (χ0n) is 11.9. The lowest BCUT2D eigenvalue weighted by atomic mass is 9.98. The molecular formula is C17H18FNO2. The molecule has 0 saturated carbocycles. The van der Waals surface area contributed by atoms with Gasteiger partial charge in [0.05, 0.1) is 13.0 Å². The van der Waals surface area contributed by atoms with Gasteiger partial charge in [-0.05, 0) is 41.8 Å². The molecule has 0 radical (unpaired) electrons. The quantitative estimate of drug-likeness (QED) is 0.857. The molecule has 1 atom stereocenters. The minimum Gasteiger partial charge on any atom is -0.466 e. The largest absolute Gasteiger partial charge is 0.466 e. The maximum Gasteiger partial charge on any atom is 0.307 e. The number of carbonyl (C=O) groups is 1. The number of ether oxygens (including phenoxy) is 1. The Kier molecular flexibility index (Phi) is 5.06. The maximum absolute atomic E-state index is 13.0. The summed E-state index contributed by atoms with van der Waals surface area (Å²) in [5.41, 5.74) is 8.73. The van der Waals surface area contributed by atoms with Gasteiger partial charge in [-0.15, -0.1) is 0 Å². The average Bonchev–Trinajstić information content (AvgIpc) is 2.48. The van der Waals surface area contributed by atoms with E-state index in [1.165, 1.54) is 12.1 Å². The Morgan fingerprint density at radius 1 is 1.19 bits per heavy atom. The lowest BCUT2D eigenvalue weighted by Crippen LogP contribution is -2.17. The van der Waals surface area contributed by atoms with Crippen LogP contribution in [-0.2, 0) is 9.53 Å². The van der Waals surface area contributed by atoms with Gasteiger partial charge in [-0.2, -0.15) is 0 Å². The topological polar surface area (TPSA) is 52.3 Å². The van der Waals surface area contributed by atoms with E-state index in [4.69, 9.17) is 10.5 Å². The summed E-state index contributed by atoms with van der Waals surface area (Å²) in [6.45, 7) is 2.11. The SMILES string of the molecule is CCOC(=O)C[C@H](N)c1cccc(-c2ccc(F)cc2)c1. The summed E-state index contributed by atoms with van der Waals surface area (Å²) in [5.74, 6) is -0.578. The van der Waals surface area contributed by atoms with E-state index < -0.39 is 6.04 Å². The molecule has 0 fully saturated rings. The van der Waals surface area contributed by atoms with Crippen LogP contribution < -0.4 is 5.73 Å². The van der Waals surface area contributed by atoms with E-state index in [-0.39, 0.29) is 18.2 Å². The van der Waals surface area contributed by atoms with Crippen LogP contribution in [0.1, 0.15) is 24.9 Å². The number of rotatable bonds is 5. The van der Waals surface area contributed by atoms with Crippen molar-refractivity contribution < 1.29 is 13.9 Å². The van der Waals surface area contributed by atoms with Crippen LogP contribution in [0.15, 0.2) is 48.5 Å². The summed E-state index contributed by atoms with van der Waals surface area (Å²) < 4.78 is 17.9. The van der Waals surface area contributed by atoms with Crippen LogP contribution in [0.2, 0.25) is 0 Å². The number of carbonyl (C=O) groups excluding carboxylic acids is 1. The third kappa shape index (κ3) is 4.13. The molecule has 110 valence electrons. The maximum atomic E-state index is 13.0. The van der Waals surface area contributed by atoms with E-state index in [1.807, 2.05) is 24.3 Å². The Bertz CT molecular complexity index is 610. The molecule has 0 heterocycles. The molecule has 0 saturated heterocycles. The highest BCUT2D eigenvalue weighted by Gasteiger charge is 2.13. The molecule has 2 aromatic carbocycles. The summed E-state index contributed by atoms with van der Waals surface area (Å²) in [4.78, 5) is 11.5. The summed E-state index contributed by atoms with van der Waals surface area (Å²) >= 11 is 0. The molecule has 2 aromatic rings. The molecular weight excluding hydrogens is 269 g/mol. The van der Waals surface area contributed by atoms with Crippen molar-refractivity contribution in [2.45, 2.75) is 19.4 Å². The molecule has 2 N–H and O–H groups in total. The van der Waals surface area contributed by atoms with Crippen molar-refractivity contribution in [1.29, 1.82) is 0 Å². The Balaban J connectivity index is 2.17. The van der Waals surface area contributed by atoms with Crippen LogP contribution in [0, 0.1) is 5.82 Å². The first-order valence-corrected chi connectivity index (χ1v) is 6.87. The second-order valence-corrected chi connectivity index (χ2v) is 4.75. The van der Waals surface area contributed by atoms with Gasteiger partial charge in [-0.25, -0.2) is 4.39 Å². The fourth-order valence-electron chi connectivity index (χ4n) is 2.11. The Morgan fingerprint density at radius 3 is 2.57 bits per heavy atom. The smallest absolute Gasteiger partial charge is 0.307 e. The number of nitrogens with two attached hydrogens (primary N) is 1. The van der Waals surface area contributed by atoms with Gasteiger partial charge < -0.3 is 10.5 Å². The monoisotopic (exact) mass is 287 g/mol. The van der Waals surface area contributed by atoms with Gasteiger partial charge >= 0.3 is 5.97 Å². The highest BCUT2D eigenvalue weighted by molar-refractivity contribution is 5.71. The summed E-state index contributed by atoms with van der Waals surface area (Å²) in [7, 11) is 0. The van der Waals surface area contributed by atoms with Crippen molar-refractivity contribution in [1.82, 2.24) is 0 Å². The van der Waals surface area contributed by atoms with E-state index in [0.29, 0.717) is 6.61 Å². The third-order valence-corrected chi connectivity index (χ3v) is 3.18. The minimum atomic E-state index is -0.413. The molecule has 0 aliphatic heterocycles. The Hall–Kier alpha value is -2.20. The highest BCUT2D eigenvalue weighted by atomic mass is 19.1. The second kappa shape index (κ2) is 6.99. The van der Waals surface area contributed by atoms with Gasteiger partial charge in [0.2, 0.25) is 0 Å². The van der Waals surface area contributed by atoms with Crippen molar-refractivity contribution >= 4 is 5.97 Å². The van der Waals surface area contributed by atoms with Gasteiger partial charge in [0, 0.05) is 6.04 Å². The van der Waals surface area contributed by atoms with Crippen LogP contribution in [0.25, 0.3) is 11.1 Å². The van der Waals surface area contributed by atoms with Gasteiger partial charge in [0.25, 0.3) is 0 Å². The normalized spacial score (nSPS) is 12.0. The van der Waals surface area contributed by atoms with Crippen molar-refractivity contribution in [3.8, 4) is 11.1 Å². The number of benzene rings is 2. The third-order valence-electron chi connectivity index (χ3n) is 3.18. The molecule has 2 rings (SSSR count). The van der Waals surface area contributed by atoms with Crippen LogP contribution >= 0.6 is 0 Å². The Morgan fingerprint density at radius 2 is 1.90 bits per heavy atom. The van der Waals surface area contributed by atoms with Crippen LogP contribution in [0.5, 0.6) is 0 Å². The highest BCUT2D eigenvalue weighted by Crippen LogP contribution is 2.24. The van der Waals surface area contributed by atoms with E-state index >= 15 is 0 Å². The standard InChI is InChI=1S/C17H18FNO2/c1-2-21-17(20)11-16(19)14-5-3-4-13(10-14)12-6-8-15(18)9-7-12/h3-10,16H,2,11,19H2,1H3/t16-/m0/s1. The predicted molar refractivity (Wildman–Crippen MR) is 80.0 cm³/mol. The first kappa shape index (κ1) is 15.2. The van der Waals surface area contributed by atoms with Crippen LogP contribution in [0.4, 0.5) is 4.39 Å². The fraction of sp³-hybridized carbons (Fsp3) is 0.235. The van der Waals surface area contributed by atoms with Crippen molar-refractivity contribution in [3.05, 3.63) is 59.9 Å². The molecule has 0 spiro atoms. The zero-order chi connectivity index (χ0) is 15.2. The molecule has 0 bridgehead atoms. The molecule has 3 nitrogen and oxygen atoms in total. The number of halogens is 1. The van der Waals surface area contributed by atoms with E-state index in [9.17, 15) is 9.18 Å². The lowest BCUT2D eigenvalue weighted by molar-refractivity contribution is -0.143. The summed E-state index contributed by atoms with van der Waals surface area (Å²) in [5, 5.41) is 0. The first-order chi connectivity index (χ1) is 10.1.